The molecular weight excluding hydrogens is 299 g/mol. The number of fused-ring (bicyclic) bond motifs is 1. The van der Waals surface area contributed by atoms with E-state index in [9.17, 15) is 0 Å². The molecule has 110 valence electrons. The van der Waals surface area contributed by atoms with Gasteiger partial charge in [0, 0.05) is 6.20 Å². The molecule has 22 heavy (non-hydrogen) atoms. The molecule has 0 saturated heterocycles. The van der Waals surface area contributed by atoms with Gasteiger partial charge in [-0.3, -0.25) is 4.98 Å². The molecule has 0 aliphatic carbocycles. The van der Waals surface area contributed by atoms with Gasteiger partial charge in [-0.15, -0.1) is 5.10 Å². The Hall–Kier alpha value is -2.48. The van der Waals surface area contributed by atoms with Crippen LogP contribution in [0.3, 0.4) is 0 Å². The summed E-state index contributed by atoms with van der Waals surface area (Å²) in [7, 11) is 0. The van der Waals surface area contributed by atoms with Crippen molar-refractivity contribution in [2.75, 3.05) is 0 Å². The highest BCUT2D eigenvalue weighted by Gasteiger charge is 2.34. The maximum atomic E-state index is 5.84. The van der Waals surface area contributed by atoms with E-state index in [1.165, 1.54) is 0 Å². The average molecular weight is 312 g/mol. The van der Waals surface area contributed by atoms with Crippen LogP contribution in [0.15, 0.2) is 58.9 Å². The molecule has 1 aliphatic heterocycles. The Balaban J connectivity index is 1.62. The zero-order chi connectivity index (χ0) is 15.4. The highest BCUT2D eigenvalue weighted by atomic mass is 32.2. The minimum atomic E-state index is -0.550. The molecule has 3 rings (SSSR count). The fourth-order valence-electron chi connectivity index (χ4n) is 1.80. The van der Waals surface area contributed by atoms with Crippen LogP contribution in [-0.2, 0) is 0 Å². The maximum Gasteiger partial charge on any atom is 0.679 e. The van der Waals surface area contributed by atoms with Gasteiger partial charge in [-0.1, -0.05) is 18.2 Å². The first-order valence-electron chi connectivity index (χ1n) is 6.60. The summed E-state index contributed by atoms with van der Waals surface area (Å²) in [6.45, 7) is 1.82. The van der Waals surface area contributed by atoms with Crippen molar-refractivity contribution in [1.29, 1.82) is 0 Å². The van der Waals surface area contributed by atoms with Crippen molar-refractivity contribution in [2.24, 2.45) is 15.9 Å². The molecule has 1 aliphatic rings. The number of nitrogens with two attached hydrogens (primary N) is 1. The molecule has 2 heterocycles. The molecule has 1 aromatic carbocycles. The normalized spacial score (nSPS) is 14.3. The molecule has 6 nitrogen and oxygen atoms in total. The number of benzene rings is 1. The molecule has 0 spiro atoms. The van der Waals surface area contributed by atoms with Gasteiger partial charge in [0.1, 0.15) is 11.5 Å². The lowest BCUT2D eigenvalue weighted by atomic mass is 10.3. The van der Waals surface area contributed by atoms with E-state index in [2.05, 4.69) is 15.2 Å². The SMILES string of the molecule is C/C(=N/N=C(/N)SB1Oc2ccccc2O1)c1ccccn1. The van der Waals surface area contributed by atoms with Gasteiger partial charge < -0.3 is 15.0 Å². The van der Waals surface area contributed by atoms with Crippen molar-refractivity contribution >= 4 is 28.9 Å². The second kappa shape index (κ2) is 6.53. The quantitative estimate of drug-likeness (QED) is 0.407. The second-order valence-corrected chi connectivity index (χ2v) is 5.47. The monoisotopic (exact) mass is 312 g/mol. The van der Waals surface area contributed by atoms with Crippen molar-refractivity contribution in [2.45, 2.75) is 6.92 Å². The minimum absolute atomic E-state index is 0.257. The van der Waals surface area contributed by atoms with Gasteiger partial charge in [0.15, 0.2) is 5.17 Å². The molecule has 0 radical (unpaired) electrons. The second-order valence-electron chi connectivity index (χ2n) is 4.43. The molecule has 8 heteroatoms. The molecule has 0 atom stereocenters. The summed E-state index contributed by atoms with van der Waals surface area (Å²) in [6, 6.07) is 13.0. The lowest BCUT2D eigenvalue weighted by Gasteiger charge is -2.02. The Labute approximate surface area is 132 Å². The molecular formula is C14H13BN4O2S. The van der Waals surface area contributed by atoms with Crippen molar-refractivity contribution in [3.8, 4) is 11.5 Å². The third-order valence-corrected chi connectivity index (χ3v) is 3.55. The van der Waals surface area contributed by atoms with Gasteiger partial charge in [0.05, 0.1) is 11.4 Å². The molecule has 0 unspecified atom stereocenters. The first-order valence-corrected chi connectivity index (χ1v) is 7.48. The summed E-state index contributed by atoms with van der Waals surface area (Å²) >= 11 is 1.16. The fraction of sp³-hybridized carbons (Fsp3) is 0.0714. The van der Waals surface area contributed by atoms with Crippen molar-refractivity contribution in [3.63, 3.8) is 0 Å². The molecule has 0 amide bonds. The van der Waals surface area contributed by atoms with E-state index in [0.29, 0.717) is 17.2 Å². The Morgan fingerprint density at radius 3 is 2.41 bits per heavy atom. The predicted molar refractivity (Wildman–Crippen MR) is 89.1 cm³/mol. The van der Waals surface area contributed by atoms with Crippen molar-refractivity contribution in [1.82, 2.24) is 4.98 Å². The van der Waals surface area contributed by atoms with Crippen LogP contribution in [0.4, 0.5) is 0 Å². The highest BCUT2D eigenvalue weighted by Crippen LogP contribution is 2.35. The van der Waals surface area contributed by atoms with Crippen LogP contribution in [-0.4, -0.2) is 22.3 Å². The summed E-state index contributed by atoms with van der Waals surface area (Å²) in [5.41, 5.74) is 7.28. The topological polar surface area (TPSA) is 82.1 Å². The number of para-hydroxylation sites is 2. The van der Waals surface area contributed by atoms with Gasteiger partial charge in [0.25, 0.3) is 0 Å². The summed E-state index contributed by atoms with van der Waals surface area (Å²) < 4.78 is 11.2. The number of hydrogen-bond donors (Lipinski definition) is 1. The smallest absolute Gasteiger partial charge is 0.514 e. The van der Waals surface area contributed by atoms with E-state index in [1.54, 1.807) is 6.20 Å². The lowest BCUT2D eigenvalue weighted by molar-refractivity contribution is 0.531. The van der Waals surface area contributed by atoms with Crippen molar-refractivity contribution in [3.05, 3.63) is 54.4 Å². The highest BCUT2D eigenvalue weighted by molar-refractivity contribution is 8.35. The maximum absolute atomic E-state index is 5.84. The number of nitrogens with zero attached hydrogens (tertiary/aromatic N) is 3. The first-order chi connectivity index (χ1) is 10.7. The number of amidine groups is 1. The number of rotatable bonds is 3. The van der Waals surface area contributed by atoms with E-state index >= 15 is 0 Å². The Morgan fingerprint density at radius 1 is 1.09 bits per heavy atom. The van der Waals surface area contributed by atoms with E-state index in [1.807, 2.05) is 49.4 Å². The summed E-state index contributed by atoms with van der Waals surface area (Å²) in [4.78, 5) is 4.19. The lowest BCUT2D eigenvalue weighted by Crippen LogP contribution is -2.25. The van der Waals surface area contributed by atoms with E-state index in [4.69, 9.17) is 15.0 Å². The molecule has 0 bridgehead atoms. The molecule has 0 fully saturated rings. The Kier molecular flexibility index (Phi) is 4.29. The van der Waals surface area contributed by atoms with Gasteiger partial charge in [-0.05, 0) is 42.8 Å². The fourth-order valence-corrected chi connectivity index (χ4v) is 2.39. The zero-order valence-corrected chi connectivity index (χ0v) is 12.7. The summed E-state index contributed by atoms with van der Waals surface area (Å²) in [5, 5.41) is 8.30. The van der Waals surface area contributed by atoms with Gasteiger partial charge >= 0.3 is 6.40 Å². The third-order valence-electron chi connectivity index (χ3n) is 2.85. The number of aromatic nitrogens is 1. The van der Waals surface area contributed by atoms with Gasteiger partial charge in [0.2, 0.25) is 0 Å². The van der Waals surface area contributed by atoms with E-state index in [-0.39, 0.29) is 5.17 Å². The van der Waals surface area contributed by atoms with Crippen LogP contribution in [0.25, 0.3) is 0 Å². The first kappa shape index (κ1) is 14.5. The Bertz CT molecular complexity index is 699. The van der Waals surface area contributed by atoms with Crippen LogP contribution in [0, 0.1) is 0 Å². The van der Waals surface area contributed by atoms with Crippen LogP contribution in [0.5, 0.6) is 11.5 Å². The largest absolute Gasteiger partial charge is 0.679 e. The Morgan fingerprint density at radius 2 is 1.77 bits per heavy atom. The van der Waals surface area contributed by atoms with Crippen LogP contribution in [0.1, 0.15) is 12.6 Å². The van der Waals surface area contributed by atoms with Gasteiger partial charge in [-0.2, -0.15) is 5.10 Å². The molecule has 2 N–H and O–H groups in total. The van der Waals surface area contributed by atoms with Crippen LogP contribution in [0.2, 0.25) is 0 Å². The van der Waals surface area contributed by atoms with Crippen LogP contribution < -0.4 is 15.0 Å². The van der Waals surface area contributed by atoms with Crippen LogP contribution >= 0.6 is 11.6 Å². The van der Waals surface area contributed by atoms with E-state index in [0.717, 1.165) is 17.3 Å². The minimum Gasteiger partial charge on any atom is -0.514 e. The van der Waals surface area contributed by atoms with Gasteiger partial charge in [-0.25, -0.2) is 0 Å². The predicted octanol–water partition coefficient (Wildman–Crippen LogP) is 2.31. The number of pyridine rings is 1. The standard InChI is InChI=1S/C14H13BN4O2S/c1-10(11-6-4-5-9-17-11)18-19-14(16)22-15-20-12-7-2-3-8-13(12)21-15/h2-9H,1H3,(H2,16,19)/b18-10-. The van der Waals surface area contributed by atoms with Crippen molar-refractivity contribution < 1.29 is 9.31 Å². The molecule has 2 aromatic rings. The average Bonchev–Trinajstić information content (AvgIpc) is 2.95. The summed E-state index contributed by atoms with van der Waals surface area (Å²) in [6.07, 6.45) is 1.15. The number of hydrogen-bond acceptors (Lipinski definition) is 6. The van der Waals surface area contributed by atoms with E-state index < -0.39 is 6.40 Å². The molecule has 1 aromatic heterocycles. The third kappa shape index (κ3) is 3.40. The zero-order valence-electron chi connectivity index (χ0n) is 11.8. The molecule has 0 saturated carbocycles. The summed E-state index contributed by atoms with van der Waals surface area (Å²) in [5.74, 6) is 1.39.